The summed E-state index contributed by atoms with van der Waals surface area (Å²) in [5.41, 5.74) is 1.81. The van der Waals surface area contributed by atoms with Gasteiger partial charge < -0.3 is 9.30 Å². The SMILES string of the molecule is COc1ccc(F)cc1S(=O)(=O)N1CCC(c2nc3ccncc3n2CC(C)C)C1. The van der Waals surface area contributed by atoms with E-state index in [1.165, 1.54) is 23.5 Å². The molecule has 0 N–H and O–H groups in total. The van der Waals surface area contributed by atoms with E-state index in [-0.39, 0.29) is 23.1 Å². The van der Waals surface area contributed by atoms with Crippen molar-refractivity contribution in [3.8, 4) is 5.75 Å². The van der Waals surface area contributed by atoms with Crippen LogP contribution in [-0.4, -0.2) is 47.5 Å². The predicted octanol–water partition coefficient (Wildman–Crippen LogP) is 3.41. The van der Waals surface area contributed by atoms with Gasteiger partial charge in [0.05, 0.1) is 24.3 Å². The highest BCUT2D eigenvalue weighted by Crippen LogP contribution is 2.35. The number of methoxy groups -OCH3 is 1. The number of hydrogen-bond donors (Lipinski definition) is 0. The van der Waals surface area contributed by atoms with Crippen LogP contribution in [0, 0.1) is 11.7 Å². The third-order valence-electron chi connectivity index (χ3n) is 5.39. The fourth-order valence-corrected chi connectivity index (χ4v) is 5.67. The minimum atomic E-state index is -3.89. The van der Waals surface area contributed by atoms with Crippen LogP contribution >= 0.6 is 0 Å². The van der Waals surface area contributed by atoms with Crippen molar-refractivity contribution in [1.29, 1.82) is 0 Å². The van der Waals surface area contributed by atoms with Crippen LogP contribution in [0.2, 0.25) is 0 Å². The summed E-state index contributed by atoms with van der Waals surface area (Å²) in [6, 6.07) is 5.41. The maximum Gasteiger partial charge on any atom is 0.246 e. The van der Waals surface area contributed by atoms with E-state index in [1.807, 2.05) is 6.07 Å². The van der Waals surface area contributed by atoms with Crippen LogP contribution in [0.1, 0.15) is 32.0 Å². The molecule has 7 nitrogen and oxygen atoms in total. The third kappa shape index (κ3) is 3.67. The number of sulfonamides is 1. The van der Waals surface area contributed by atoms with Gasteiger partial charge in [-0.3, -0.25) is 4.98 Å². The summed E-state index contributed by atoms with van der Waals surface area (Å²) in [6.07, 6.45) is 4.15. The molecule has 1 atom stereocenters. The first-order valence-corrected chi connectivity index (χ1v) is 11.4. The van der Waals surface area contributed by atoms with Crippen LogP contribution in [0.25, 0.3) is 11.0 Å². The lowest BCUT2D eigenvalue weighted by Crippen LogP contribution is -2.29. The molecule has 0 amide bonds. The number of aromatic nitrogens is 3. The summed E-state index contributed by atoms with van der Waals surface area (Å²) < 4.78 is 48.9. The molecule has 30 heavy (non-hydrogen) atoms. The Balaban J connectivity index is 1.68. The number of fused-ring (bicyclic) bond motifs is 1. The summed E-state index contributed by atoms with van der Waals surface area (Å²) in [5.74, 6) is 0.745. The lowest BCUT2D eigenvalue weighted by atomic mass is 10.1. The molecule has 0 spiro atoms. The van der Waals surface area contributed by atoms with Gasteiger partial charge in [0.2, 0.25) is 10.0 Å². The summed E-state index contributed by atoms with van der Waals surface area (Å²) in [7, 11) is -2.52. The number of pyridine rings is 1. The second-order valence-electron chi connectivity index (χ2n) is 7.98. The van der Waals surface area contributed by atoms with Crippen molar-refractivity contribution in [3.05, 3.63) is 48.3 Å². The van der Waals surface area contributed by atoms with Crippen LogP contribution in [-0.2, 0) is 16.6 Å². The maximum absolute atomic E-state index is 13.8. The Labute approximate surface area is 175 Å². The third-order valence-corrected chi connectivity index (χ3v) is 7.27. The van der Waals surface area contributed by atoms with E-state index in [2.05, 4.69) is 23.4 Å². The quantitative estimate of drug-likeness (QED) is 0.597. The predicted molar refractivity (Wildman–Crippen MR) is 111 cm³/mol. The molecule has 1 aromatic carbocycles. The van der Waals surface area contributed by atoms with Gasteiger partial charge in [-0.05, 0) is 36.6 Å². The zero-order chi connectivity index (χ0) is 21.5. The van der Waals surface area contributed by atoms with Crippen LogP contribution in [0.5, 0.6) is 5.75 Å². The van der Waals surface area contributed by atoms with Gasteiger partial charge in [-0.1, -0.05) is 13.8 Å². The van der Waals surface area contributed by atoms with E-state index >= 15 is 0 Å². The zero-order valence-corrected chi connectivity index (χ0v) is 18.1. The first kappa shape index (κ1) is 20.7. The van der Waals surface area contributed by atoms with Crippen molar-refractivity contribution in [2.45, 2.75) is 37.6 Å². The number of halogens is 1. The number of rotatable bonds is 6. The molecule has 3 aromatic rings. The van der Waals surface area contributed by atoms with Gasteiger partial charge in [-0.25, -0.2) is 17.8 Å². The average molecular weight is 433 g/mol. The minimum Gasteiger partial charge on any atom is -0.495 e. The molecule has 160 valence electrons. The van der Waals surface area contributed by atoms with Crippen molar-refractivity contribution >= 4 is 21.1 Å². The van der Waals surface area contributed by atoms with Gasteiger partial charge in [-0.15, -0.1) is 0 Å². The van der Waals surface area contributed by atoms with Gasteiger partial charge in [0, 0.05) is 31.7 Å². The molecule has 0 bridgehead atoms. The van der Waals surface area contributed by atoms with E-state index in [9.17, 15) is 12.8 Å². The van der Waals surface area contributed by atoms with Crippen molar-refractivity contribution in [1.82, 2.24) is 18.8 Å². The molecular formula is C21H25FN4O3S. The Morgan fingerprint density at radius 2 is 2.10 bits per heavy atom. The number of benzene rings is 1. The lowest BCUT2D eigenvalue weighted by Gasteiger charge is -2.19. The van der Waals surface area contributed by atoms with Crippen LogP contribution in [0.3, 0.4) is 0 Å². The fourth-order valence-electron chi connectivity index (χ4n) is 4.01. The summed E-state index contributed by atoms with van der Waals surface area (Å²) in [5, 5.41) is 0. The van der Waals surface area contributed by atoms with E-state index in [0.29, 0.717) is 18.9 Å². The molecule has 0 saturated carbocycles. The Bertz CT molecular complexity index is 1180. The fraction of sp³-hybridized carbons (Fsp3) is 0.429. The zero-order valence-electron chi connectivity index (χ0n) is 17.2. The summed E-state index contributed by atoms with van der Waals surface area (Å²) >= 11 is 0. The Kier molecular flexibility index (Phi) is 5.50. The normalized spacial score (nSPS) is 17.8. The smallest absolute Gasteiger partial charge is 0.246 e. The molecule has 1 aliphatic rings. The number of nitrogens with zero attached hydrogens (tertiary/aromatic N) is 4. The highest BCUT2D eigenvalue weighted by atomic mass is 32.2. The Hall–Kier alpha value is -2.52. The standard InChI is InChI=1S/C21H25FN4O3S/c1-14(2)12-26-18-11-23-8-6-17(18)24-21(26)15-7-9-25(13-15)30(27,28)20-10-16(22)4-5-19(20)29-3/h4-6,8,10-11,14-15H,7,9,12-13H2,1-3H3. The molecular weight excluding hydrogens is 407 g/mol. The van der Waals surface area contributed by atoms with E-state index in [1.54, 1.807) is 12.4 Å². The van der Waals surface area contributed by atoms with E-state index < -0.39 is 15.8 Å². The molecule has 1 aliphatic heterocycles. The second-order valence-corrected chi connectivity index (χ2v) is 9.89. The molecule has 3 heterocycles. The molecule has 1 unspecified atom stereocenters. The van der Waals surface area contributed by atoms with Gasteiger partial charge in [0.1, 0.15) is 22.3 Å². The molecule has 0 aliphatic carbocycles. The lowest BCUT2D eigenvalue weighted by molar-refractivity contribution is 0.396. The molecule has 0 radical (unpaired) electrons. The van der Waals surface area contributed by atoms with E-state index in [4.69, 9.17) is 9.72 Å². The first-order valence-electron chi connectivity index (χ1n) is 9.95. The monoisotopic (exact) mass is 432 g/mol. The van der Waals surface area contributed by atoms with Crippen molar-refractivity contribution in [2.24, 2.45) is 5.92 Å². The molecule has 4 rings (SSSR count). The summed E-state index contributed by atoms with van der Waals surface area (Å²) in [4.78, 5) is 8.88. The highest BCUT2D eigenvalue weighted by molar-refractivity contribution is 7.89. The van der Waals surface area contributed by atoms with Gasteiger partial charge in [0.15, 0.2) is 0 Å². The van der Waals surface area contributed by atoms with Crippen molar-refractivity contribution in [2.75, 3.05) is 20.2 Å². The minimum absolute atomic E-state index is 0.0505. The van der Waals surface area contributed by atoms with Crippen molar-refractivity contribution in [3.63, 3.8) is 0 Å². The number of hydrogen-bond acceptors (Lipinski definition) is 5. The molecule has 1 fully saturated rings. The number of ether oxygens (including phenoxy) is 1. The average Bonchev–Trinajstić information content (AvgIpc) is 3.33. The molecule has 1 saturated heterocycles. The van der Waals surface area contributed by atoms with E-state index in [0.717, 1.165) is 29.5 Å². The highest BCUT2D eigenvalue weighted by Gasteiger charge is 2.37. The second kappa shape index (κ2) is 7.96. The molecule has 2 aromatic heterocycles. The van der Waals surface area contributed by atoms with Gasteiger partial charge >= 0.3 is 0 Å². The number of imidazole rings is 1. The van der Waals surface area contributed by atoms with Gasteiger partial charge in [-0.2, -0.15) is 4.31 Å². The molecule has 9 heteroatoms. The summed E-state index contributed by atoms with van der Waals surface area (Å²) in [6.45, 7) is 5.67. The van der Waals surface area contributed by atoms with Gasteiger partial charge in [0.25, 0.3) is 0 Å². The van der Waals surface area contributed by atoms with Crippen LogP contribution in [0.4, 0.5) is 4.39 Å². The maximum atomic E-state index is 13.8. The van der Waals surface area contributed by atoms with Crippen molar-refractivity contribution < 1.29 is 17.5 Å². The largest absolute Gasteiger partial charge is 0.495 e. The first-order chi connectivity index (χ1) is 14.3. The topological polar surface area (TPSA) is 77.3 Å². The van der Waals surface area contributed by atoms with Crippen LogP contribution in [0.15, 0.2) is 41.6 Å². The Morgan fingerprint density at radius 1 is 1.30 bits per heavy atom. The van der Waals surface area contributed by atoms with Crippen LogP contribution < -0.4 is 4.74 Å². The Morgan fingerprint density at radius 3 is 2.83 bits per heavy atom.